The van der Waals surface area contributed by atoms with Gasteiger partial charge in [-0.15, -0.1) is 0 Å². The molecule has 2 N–H and O–H groups in total. The molecule has 8 heteroatoms. The van der Waals surface area contributed by atoms with E-state index in [1.807, 2.05) is 21.2 Å². The van der Waals surface area contributed by atoms with Crippen molar-refractivity contribution < 1.29 is 18.3 Å². The molecule has 1 heterocycles. The number of rotatable bonds is 5. The van der Waals surface area contributed by atoms with Gasteiger partial charge in [-0.25, -0.2) is 8.78 Å². The fraction of sp³-hybridized carbons (Fsp3) is 0.357. The normalized spacial score (nSPS) is 14.1. The SMILES string of the molecule is CCOC(=O)C(C)(N)Cc1cc(F)c(F)c2ccn(SI)c12. The summed E-state index contributed by atoms with van der Waals surface area (Å²) in [5.41, 5.74) is 5.66. The summed E-state index contributed by atoms with van der Waals surface area (Å²) in [6, 6.07) is 2.59. The lowest BCUT2D eigenvalue weighted by molar-refractivity contribution is -0.148. The summed E-state index contributed by atoms with van der Waals surface area (Å²) >= 11 is 2.04. The molecular formula is C14H15F2IN2O2S. The minimum atomic E-state index is -1.32. The number of esters is 1. The van der Waals surface area contributed by atoms with Crippen LogP contribution in [-0.2, 0) is 16.0 Å². The van der Waals surface area contributed by atoms with E-state index in [-0.39, 0.29) is 18.4 Å². The molecule has 1 unspecified atom stereocenters. The van der Waals surface area contributed by atoms with Crippen LogP contribution in [0.1, 0.15) is 19.4 Å². The number of nitrogens with two attached hydrogens (primary N) is 1. The molecular weight excluding hydrogens is 425 g/mol. The second-order valence-corrected chi connectivity index (χ2v) is 6.83. The molecule has 22 heavy (non-hydrogen) atoms. The van der Waals surface area contributed by atoms with Crippen LogP contribution >= 0.6 is 30.3 Å². The smallest absolute Gasteiger partial charge is 0.326 e. The summed E-state index contributed by atoms with van der Waals surface area (Å²) in [6.45, 7) is 3.41. The standard InChI is InChI=1S/C14H15F2IN2O2S/c1-3-21-13(20)14(2,18)7-8-6-10(15)11(16)9-4-5-19(22-17)12(8)9/h4-6H,3,7,18H2,1-2H3. The van der Waals surface area contributed by atoms with Gasteiger partial charge in [0.05, 0.1) is 12.1 Å². The predicted molar refractivity (Wildman–Crippen MR) is 91.8 cm³/mol. The number of hydrogen-bond acceptors (Lipinski definition) is 4. The first-order valence-corrected chi connectivity index (χ1v) is 9.86. The molecule has 0 aliphatic carbocycles. The molecule has 0 aliphatic rings. The summed E-state index contributed by atoms with van der Waals surface area (Å²) in [5.74, 6) is -2.44. The fourth-order valence-corrected chi connectivity index (χ4v) is 3.65. The molecule has 0 fully saturated rings. The largest absolute Gasteiger partial charge is 0.465 e. The number of benzene rings is 1. The fourth-order valence-electron chi connectivity index (χ4n) is 2.28. The number of ether oxygens (including phenoxy) is 1. The molecule has 0 radical (unpaired) electrons. The average Bonchev–Trinajstić information content (AvgIpc) is 2.88. The Morgan fingerprint density at radius 3 is 2.82 bits per heavy atom. The molecule has 2 aromatic rings. The van der Waals surface area contributed by atoms with E-state index >= 15 is 0 Å². The summed E-state index contributed by atoms with van der Waals surface area (Å²) < 4.78 is 34.4. The molecule has 4 nitrogen and oxygen atoms in total. The van der Waals surface area contributed by atoms with Crippen LogP contribution in [0.4, 0.5) is 8.78 Å². The van der Waals surface area contributed by atoms with Crippen LogP contribution in [0.2, 0.25) is 0 Å². The molecule has 0 bridgehead atoms. The third-order valence-corrected chi connectivity index (χ3v) is 5.00. The maximum atomic E-state index is 13.9. The zero-order chi connectivity index (χ0) is 16.5. The lowest BCUT2D eigenvalue weighted by Gasteiger charge is -2.23. The number of hydrogen-bond donors (Lipinski definition) is 1. The third kappa shape index (κ3) is 3.23. The molecule has 1 atom stereocenters. The van der Waals surface area contributed by atoms with Gasteiger partial charge < -0.3 is 10.5 Å². The van der Waals surface area contributed by atoms with Crippen molar-refractivity contribution in [1.82, 2.24) is 3.97 Å². The van der Waals surface area contributed by atoms with E-state index in [2.05, 4.69) is 0 Å². The highest BCUT2D eigenvalue weighted by atomic mass is 127. The maximum Gasteiger partial charge on any atom is 0.326 e. The van der Waals surface area contributed by atoms with E-state index in [4.69, 9.17) is 10.5 Å². The van der Waals surface area contributed by atoms with Crippen molar-refractivity contribution >= 4 is 47.2 Å². The van der Waals surface area contributed by atoms with Crippen LogP contribution < -0.4 is 5.73 Å². The molecule has 0 aliphatic heterocycles. The van der Waals surface area contributed by atoms with Crippen molar-refractivity contribution in [2.45, 2.75) is 25.8 Å². The number of carbonyl (C=O) groups excluding carboxylic acids is 1. The highest BCUT2D eigenvalue weighted by molar-refractivity contribution is 14.2. The molecule has 1 aromatic carbocycles. The first-order valence-electron chi connectivity index (χ1n) is 6.55. The van der Waals surface area contributed by atoms with Gasteiger partial charge in [0.25, 0.3) is 0 Å². The van der Waals surface area contributed by atoms with Crippen LogP contribution in [0, 0.1) is 11.6 Å². The molecule has 0 spiro atoms. The van der Waals surface area contributed by atoms with E-state index in [9.17, 15) is 13.6 Å². The minimum Gasteiger partial charge on any atom is -0.465 e. The Morgan fingerprint density at radius 2 is 2.23 bits per heavy atom. The van der Waals surface area contributed by atoms with Gasteiger partial charge in [-0.2, -0.15) is 0 Å². The average molecular weight is 440 g/mol. The van der Waals surface area contributed by atoms with Crippen molar-refractivity contribution in [2.75, 3.05) is 6.61 Å². The predicted octanol–water partition coefficient (Wildman–Crippen LogP) is 3.59. The first-order chi connectivity index (χ1) is 10.3. The molecule has 2 rings (SSSR count). The maximum absolute atomic E-state index is 13.9. The van der Waals surface area contributed by atoms with Crippen LogP contribution in [-0.4, -0.2) is 22.1 Å². The Hall–Kier alpha value is -0.870. The van der Waals surface area contributed by atoms with Gasteiger partial charge >= 0.3 is 5.97 Å². The molecule has 0 saturated carbocycles. The van der Waals surface area contributed by atoms with E-state index in [1.165, 1.54) is 22.1 Å². The van der Waals surface area contributed by atoms with Crippen molar-refractivity contribution in [2.24, 2.45) is 5.73 Å². The summed E-state index contributed by atoms with van der Waals surface area (Å²) in [6.07, 6.45) is 1.69. The van der Waals surface area contributed by atoms with Gasteiger partial charge in [0.1, 0.15) is 5.54 Å². The van der Waals surface area contributed by atoms with Gasteiger partial charge in [0, 0.05) is 48.3 Å². The van der Waals surface area contributed by atoms with Gasteiger partial charge in [-0.3, -0.25) is 8.77 Å². The topological polar surface area (TPSA) is 57.2 Å². The van der Waals surface area contributed by atoms with Crippen LogP contribution in [0.25, 0.3) is 10.9 Å². The van der Waals surface area contributed by atoms with E-state index in [0.717, 1.165) is 6.07 Å². The molecule has 120 valence electrons. The third-order valence-electron chi connectivity index (χ3n) is 3.28. The highest BCUT2D eigenvalue weighted by Crippen LogP contribution is 2.32. The number of aromatic nitrogens is 1. The second-order valence-electron chi connectivity index (χ2n) is 5.12. The monoisotopic (exact) mass is 440 g/mol. The summed E-state index contributed by atoms with van der Waals surface area (Å²) in [7, 11) is 1.32. The zero-order valence-corrected chi connectivity index (χ0v) is 15.0. The van der Waals surface area contributed by atoms with Crippen LogP contribution in [0.3, 0.4) is 0 Å². The van der Waals surface area contributed by atoms with E-state index in [1.54, 1.807) is 17.1 Å². The van der Waals surface area contributed by atoms with Crippen LogP contribution in [0.15, 0.2) is 18.3 Å². The minimum absolute atomic E-state index is 0.0424. The summed E-state index contributed by atoms with van der Waals surface area (Å²) in [5, 5.41) is 0.166. The Morgan fingerprint density at radius 1 is 1.55 bits per heavy atom. The zero-order valence-electron chi connectivity index (χ0n) is 12.0. The van der Waals surface area contributed by atoms with Gasteiger partial charge in [0.15, 0.2) is 11.6 Å². The van der Waals surface area contributed by atoms with Crippen molar-refractivity contribution in [1.29, 1.82) is 0 Å². The van der Waals surface area contributed by atoms with Crippen LogP contribution in [0.5, 0.6) is 0 Å². The first kappa shape index (κ1) is 17.5. The van der Waals surface area contributed by atoms with E-state index in [0.29, 0.717) is 11.1 Å². The molecule has 0 saturated heterocycles. The quantitative estimate of drug-likeness (QED) is 0.571. The Bertz CT molecular complexity index is 718. The van der Waals surface area contributed by atoms with Crippen molar-refractivity contribution in [3.63, 3.8) is 0 Å². The Kier molecular flexibility index (Phi) is 5.33. The number of carbonyl (C=O) groups is 1. The second kappa shape index (κ2) is 6.71. The van der Waals surface area contributed by atoms with E-state index < -0.39 is 23.1 Å². The van der Waals surface area contributed by atoms with Gasteiger partial charge in [-0.1, -0.05) is 0 Å². The lowest BCUT2D eigenvalue weighted by Crippen LogP contribution is -2.48. The van der Waals surface area contributed by atoms with Crippen molar-refractivity contribution in [3.8, 4) is 0 Å². The van der Waals surface area contributed by atoms with Crippen molar-refractivity contribution in [3.05, 3.63) is 35.5 Å². The summed E-state index contributed by atoms with van der Waals surface area (Å²) in [4.78, 5) is 11.9. The van der Waals surface area contributed by atoms with Gasteiger partial charge in [-0.05, 0) is 31.5 Å². The molecule has 1 aromatic heterocycles. The molecule has 0 amide bonds. The Balaban J connectivity index is 2.53. The highest BCUT2D eigenvalue weighted by Gasteiger charge is 2.32. The number of fused-ring (bicyclic) bond motifs is 1. The lowest BCUT2D eigenvalue weighted by atomic mass is 9.92. The Labute approximate surface area is 143 Å². The van der Waals surface area contributed by atoms with Gasteiger partial charge in [0.2, 0.25) is 0 Å². The number of nitrogens with zero attached hydrogens (tertiary/aromatic N) is 1. The number of halogens is 3.